The number of carbonyl (C=O) groups excluding carboxylic acids is 1. The molecule has 1 aliphatic rings. The van der Waals surface area contributed by atoms with E-state index in [0.717, 1.165) is 16.9 Å². The van der Waals surface area contributed by atoms with Crippen LogP contribution in [0.15, 0.2) is 16.9 Å². The minimum absolute atomic E-state index is 0.114. The molecule has 1 aromatic heterocycles. The van der Waals surface area contributed by atoms with Gasteiger partial charge in [0, 0.05) is 33.1 Å². The number of nitrogens with one attached hydrogen (secondary N) is 2. The second-order valence-corrected chi connectivity index (χ2v) is 7.01. The van der Waals surface area contributed by atoms with Crippen LogP contribution in [0.4, 0.5) is 8.78 Å². The summed E-state index contributed by atoms with van der Waals surface area (Å²) >= 11 is 0. The summed E-state index contributed by atoms with van der Waals surface area (Å²) < 4.78 is 27.7. The Morgan fingerprint density at radius 2 is 2.07 bits per heavy atom. The van der Waals surface area contributed by atoms with Gasteiger partial charge in [-0.1, -0.05) is 0 Å². The van der Waals surface area contributed by atoms with Crippen molar-refractivity contribution in [1.82, 2.24) is 10.3 Å². The van der Waals surface area contributed by atoms with Crippen LogP contribution in [-0.4, -0.2) is 34.8 Å². The van der Waals surface area contributed by atoms with Gasteiger partial charge in [0.1, 0.15) is 5.92 Å². The molecule has 0 saturated carbocycles. The first-order valence-electron chi connectivity index (χ1n) is 8.90. The smallest absolute Gasteiger partial charge is 0.252 e. The number of hydrogen-bond donors (Lipinski definition) is 2. The number of pyridine rings is 1. The highest BCUT2D eigenvalue weighted by molar-refractivity contribution is 5.85. The van der Waals surface area contributed by atoms with E-state index in [1.54, 1.807) is 6.92 Å². The summed E-state index contributed by atoms with van der Waals surface area (Å²) in [6.45, 7) is 1.80. The molecule has 9 heteroatoms. The van der Waals surface area contributed by atoms with Gasteiger partial charge in [-0.05, 0) is 25.0 Å². The third-order valence-electron chi connectivity index (χ3n) is 5.15. The van der Waals surface area contributed by atoms with Crippen molar-refractivity contribution in [3.63, 3.8) is 0 Å². The first kappa shape index (κ1) is 19.6. The second kappa shape index (κ2) is 7.84. The van der Waals surface area contributed by atoms with Crippen LogP contribution in [0.3, 0.4) is 0 Å². The molecule has 0 radical (unpaired) electrons. The average Bonchev–Trinajstić information content (AvgIpc) is 2.66. The highest BCUT2D eigenvalue weighted by Crippen LogP contribution is 2.21. The summed E-state index contributed by atoms with van der Waals surface area (Å²) in [5.74, 6) is -2.86. The number of H-pyrrole nitrogens is 1. The third-order valence-corrected chi connectivity index (χ3v) is 5.15. The van der Waals surface area contributed by atoms with E-state index in [-0.39, 0.29) is 36.5 Å². The van der Waals surface area contributed by atoms with E-state index < -0.39 is 29.1 Å². The Morgan fingerprint density at radius 3 is 2.75 bits per heavy atom. The molecule has 2 N–H and O–H groups in total. The van der Waals surface area contributed by atoms with Crippen molar-refractivity contribution in [2.75, 3.05) is 13.1 Å². The Hall–Kier alpha value is -3.15. The van der Waals surface area contributed by atoms with Crippen molar-refractivity contribution in [3.05, 3.63) is 50.2 Å². The predicted molar refractivity (Wildman–Crippen MR) is 96.6 cm³/mol. The Kier molecular flexibility index (Phi) is 5.49. The topological polar surface area (TPSA) is 106 Å². The maximum absolute atomic E-state index is 13.5. The number of aryl methyl sites for hydroxylation is 1. The molecule has 1 aromatic carbocycles. The van der Waals surface area contributed by atoms with Crippen LogP contribution >= 0.6 is 0 Å². The Balaban J connectivity index is 1.71. The summed E-state index contributed by atoms with van der Waals surface area (Å²) in [6, 6.07) is 3.55. The van der Waals surface area contributed by atoms with E-state index >= 15 is 0 Å². The molecule has 0 spiro atoms. The molecule has 2 aromatic rings. The third kappa shape index (κ3) is 3.91. The van der Waals surface area contributed by atoms with Gasteiger partial charge in [0.2, 0.25) is 18.5 Å². The van der Waals surface area contributed by atoms with Gasteiger partial charge in [-0.15, -0.1) is 0 Å². The number of benzene rings is 1. The van der Waals surface area contributed by atoms with Crippen LogP contribution in [-0.2, 0) is 11.2 Å². The molecule has 1 aliphatic heterocycles. The molecule has 1 fully saturated rings. The largest absolute Gasteiger partial charge is 0.349 e. The van der Waals surface area contributed by atoms with Gasteiger partial charge in [-0.25, -0.2) is 8.78 Å². The SMILES string of the molecule is Cc1c(CC(=O)NCC2CCC(C#N)C[N+]2=O)c(=O)[nH]c2cc(F)c(F)cc12. The fourth-order valence-corrected chi connectivity index (χ4v) is 3.46. The van der Waals surface area contributed by atoms with Gasteiger partial charge in [-0.2, -0.15) is 5.26 Å². The Labute approximate surface area is 158 Å². The maximum atomic E-state index is 13.5. The number of carbonyl (C=O) groups is 1. The van der Waals surface area contributed by atoms with E-state index in [4.69, 9.17) is 5.26 Å². The van der Waals surface area contributed by atoms with Gasteiger partial charge in [0.05, 0.1) is 24.6 Å². The van der Waals surface area contributed by atoms with Crippen LogP contribution in [0.5, 0.6) is 0 Å². The van der Waals surface area contributed by atoms with Gasteiger partial charge in [-0.3, -0.25) is 9.59 Å². The van der Waals surface area contributed by atoms with Crippen molar-refractivity contribution in [1.29, 1.82) is 5.26 Å². The first-order valence-corrected chi connectivity index (χ1v) is 8.90. The number of amides is 1. The molecule has 2 atom stereocenters. The summed E-state index contributed by atoms with van der Waals surface area (Å²) in [6.07, 6.45) is 0.853. The van der Waals surface area contributed by atoms with E-state index in [2.05, 4.69) is 16.4 Å². The zero-order chi connectivity index (χ0) is 20.4. The summed E-state index contributed by atoms with van der Waals surface area (Å²) in [5, 5.41) is 11.8. The molecular formula is C19H19F2N4O3+. The van der Waals surface area contributed by atoms with Gasteiger partial charge >= 0.3 is 0 Å². The van der Waals surface area contributed by atoms with Crippen LogP contribution < -0.4 is 10.9 Å². The highest BCUT2D eigenvalue weighted by Gasteiger charge is 2.35. The number of halogens is 2. The molecule has 7 nitrogen and oxygen atoms in total. The number of rotatable bonds is 4. The van der Waals surface area contributed by atoms with Crippen LogP contribution in [0.2, 0.25) is 0 Å². The van der Waals surface area contributed by atoms with Gasteiger partial charge in [0.25, 0.3) is 5.56 Å². The van der Waals surface area contributed by atoms with Gasteiger partial charge in [0.15, 0.2) is 11.6 Å². The lowest BCUT2D eigenvalue weighted by molar-refractivity contribution is -0.598. The second-order valence-electron chi connectivity index (χ2n) is 7.01. The Bertz CT molecular complexity index is 1060. The van der Waals surface area contributed by atoms with Crippen LogP contribution in [0, 0.1) is 40.7 Å². The van der Waals surface area contributed by atoms with Crippen LogP contribution in [0.25, 0.3) is 10.9 Å². The van der Waals surface area contributed by atoms with E-state index in [9.17, 15) is 23.3 Å². The van der Waals surface area contributed by atoms with E-state index in [1.807, 2.05) is 0 Å². The first-order chi connectivity index (χ1) is 13.3. The molecule has 2 unspecified atom stereocenters. The monoisotopic (exact) mass is 389 g/mol. The molecule has 28 heavy (non-hydrogen) atoms. The number of nitroso groups, excluding NO2 is 1. The lowest BCUT2D eigenvalue weighted by atomic mass is 9.95. The molecule has 0 bridgehead atoms. The maximum Gasteiger partial charge on any atom is 0.252 e. The number of nitriles is 1. The number of aromatic nitrogens is 1. The minimum atomic E-state index is -1.07. The fourth-order valence-electron chi connectivity index (χ4n) is 3.46. The predicted octanol–water partition coefficient (Wildman–Crippen LogP) is 1.85. The molecule has 2 heterocycles. The number of piperidine rings is 1. The van der Waals surface area contributed by atoms with Gasteiger partial charge < -0.3 is 10.3 Å². The van der Waals surface area contributed by atoms with E-state index in [1.165, 1.54) is 0 Å². The van der Waals surface area contributed by atoms with Crippen molar-refractivity contribution in [2.45, 2.75) is 32.2 Å². The number of hydrogen-bond acceptors (Lipinski definition) is 4. The zero-order valence-electron chi connectivity index (χ0n) is 15.2. The zero-order valence-corrected chi connectivity index (χ0v) is 15.2. The normalized spacial score (nSPS) is 19.4. The quantitative estimate of drug-likeness (QED) is 0.779. The number of aromatic amines is 1. The van der Waals surface area contributed by atoms with Crippen molar-refractivity contribution >= 4 is 16.8 Å². The number of nitrogens with zero attached hydrogens (tertiary/aromatic N) is 2. The molecule has 1 amide bonds. The molecule has 3 rings (SSSR count). The fraction of sp³-hybridized carbons (Fsp3) is 0.421. The summed E-state index contributed by atoms with van der Waals surface area (Å²) in [5.41, 5.74) is 0.156. The standard InChI is InChI=1S/C19H18F2N4O3/c1-10-13-4-15(20)16(21)6-17(13)24-19(27)14(10)5-18(26)23-8-12-3-2-11(7-22)9-25(12)28/h4,6,11-12H,2-3,5,8-9H2,1H3,(H-,23,24,26,27)/p+1. The Morgan fingerprint density at radius 1 is 1.36 bits per heavy atom. The van der Waals surface area contributed by atoms with Crippen LogP contribution in [0.1, 0.15) is 24.0 Å². The summed E-state index contributed by atoms with van der Waals surface area (Å²) in [7, 11) is 0. The van der Waals surface area contributed by atoms with Crippen molar-refractivity contribution < 1.29 is 18.3 Å². The molecule has 1 saturated heterocycles. The summed E-state index contributed by atoms with van der Waals surface area (Å²) in [4.78, 5) is 39.0. The lowest BCUT2D eigenvalue weighted by Crippen LogP contribution is -2.43. The highest BCUT2D eigenvalue weighted by atomic mass is 19.2. The van der Waals surface area contributed by atoms with Crippen molar-refractivity contribution in [2.24, 2.45) is 5.92 Å². The van der Waals surface area contributed by atoms with Crippen molar-refractivity contribution in [3.8, 4) is 6.07 Å². The molecular weight excluding hydrogens is 370 g/mol. The molecule has 0 aliphatic carbocycles. The number of fused-ring (bicyclic) bond motifs is 1. The lowest BCUT2D eigenvalue weighted by Gasteiger charge is -2.18. The minimum Gasteiger partial charge on any atom is -0.349 e. The molecule has 146 valence electrons. The average molecular weight is 389 g/mol. The van der Waals surface area contributed by atoms with E-state index in [0.29, 0.717) is 23.8 Å².